The van der Waals surface area contributed by atoms with E-state index in [1.807, 2.05) is 4.72 Å². The lowest BCUT2D eigenvalue weighted by atomic mass is 9.99. The van der Waals surface area contributed by atoms with Crippen molar-refractivity contribution < 1.29 is 22.0 Å². The maximum absolute atomic E-state index is 12.5. The molecule has 0 spiro atoms. The fraction of sp³-hybridized carbons (Fsp3) is 0.500. The molecule has 27 heavy (non-hydrogen) atoms. The van der Waals surface area contributed by atoms with Crippen molar-refractivity contribution >= 4 is 21.9 Å². The third kappa shape index (κ3) is 3.84. The van der Waals surface area contributed by atoms with Crippen molar-refractivity contribution in [2.24, 2.45) is 0 Å². The minimum absolute atomic E-state index is 0.270. The number of halogens is 2. The lowest BCUT2D eigenvalue weighted by Gasteiger charge is -2.18. The van der Waals surface area contributed by atoms with Crippen LogP contribution in [0.25, 0.3) is 0 Å². The van der Waals surface area contributed by atoms with E-state index in [4.69, 9.17) is 0 Å². The molecule has 4 rings (SSSR count). The molecule has 0 aliphatic heterocycles. The summed E-state index contributed by atoms with van der Waals surface area (Å²) in [6, 6.07) is 1.33. The van der Waals surface area contributed by atoms with E-state index in [9.17, 15) is 22.0 Å². The number of carbonyl (C=O) groups excluding carboxylic acids is 1. The van der Waals surface area contributed by atoms with Crippen LogP contribution in [0.4, 0.5) is 19.3 Å². The maximum atomic E-state index is 12.5. The predicted molar refractivity (Wildman–Crippen MR) is 97.0 cm³/mol. The molecule has 3 aliphatic rings. The third-order valence-electron chi connectivity index (χ3n) is 5.45. The van der Waals surface area contributed by atoms with Gasteiger partial charge in [0, 0.05) is 11.8 Å². The van der Waals surface area contributed by atoms with Crippen molar-refractivity contribution in [2.45, 2.75) is 56.9 Å². The average molecular weight is 397 g/mol. The maximum Gasteiger partial charge on any atom is 0.333 e. The van der Waals surface area contributed by atoms with Gasteiger partial charge in [-0.2, -0.15) is 21.9 Å². The van der Waals surface area contributed by atoms with Gasteiger partial charge in [0.15, 0.2) is 0 Å². The van der Waals surface area contributed by atoms with E-state index in [-0.39, 0.29) is 12.8 Å². The number of hydrogen-bond acceptors (Lipinski definition) is 3. The topological polar surface area (TPSA) is 87.3 Å². The molecule has 2 amide bonds. The van der Waals surface area contributed by atoms with Crippen LogP contribution >= 0.6 is 0 Å². The van der Waals surface area contributed by atoms with Gasteiger partial charge >= 0.3 is 16.2 Å². The summed E-state index contributed by atoms with van der Waals surface area (Å²) in [7, 11) is -4.26. The summed E-state index contributed by atoms with van der Waals surface area (Å²) in [5.41, 5.74) is 4.02. The number of amides is 2. The molecule has 0 heterocycles. The van der Waals surface area contributed by atoms with Gasteiger partial charge in [-0.1, -0.05) is 6.07 Å². The third-order valence-corrected chi connectivity index (χ3v) is 6.58. The van der Waals surface area contributed by atoms with E-state index in [0.717, 1.165) is 55.3 Å². The largest absolute Gasteiger partial charge is 0.333 e. The molecule has 0 bridgehead atoms. The molecule has 3 aliphatic carbocycles. The van der Waals surface area contributed by atoms with Crippen LogP contribution in [0.15, 0.2) is 18.2 Å². The lowest BCUT2D eigenvalue weighted by molar-refractivity contribution is 0.256. The van der Waals surface area contributed by atoms with Gasteiger partial charge in [0.1, 0.15) is 0 Å². The van der Waals surface area contributed by atoms with Gasteiger partial charge < -0.3 is 5.32 Å². The van der Waals surface area contributed by atoms with Crippen LogP contribution in [-0.4, -0.2) is 20.0 Å². The summed E-state index contributed by atoms with van der Waals surface area (Å²) < 4.78 is 53.3. The molecule has 0 unspecified atom stereocenters. The summed E-state index contributed by atoms with van der Waals surface area (Å²) in [6.07, 6.45) is 4.83. The van der Waals surface area contributed by atoms with Gasteiger partial charge in [-0.05, 0) is 73.6 Å². The summed E-state index contributed by atoms with van der Waals surface area (Å²) in [6.45, 7) is 0. The SMILES string of the molecule is O=C(Nc1c2c(cc3c1CCC3)CCC2)NS(=O)(=O)NC1(C=C(F)F)CC1. The second-order valence-electron chi connectivity index (χ2n) is 7.49. The summed E-state index contributed by atoms with van der Waals surface area (Å²) in [5.74, 6) is 0. The minimum atomic E-state index is -4.26. The van der Waals surface area contributed by atoms with Crippen LogP contribution in [0.3, 0.4) is 0 Å². The van der Waals surface area contributed by atoms with E-state index in [0.29, 0.717) is 6.08 Å². The lowest BCUT2D eigenvalue weighted by Crippen LogP contribution is -2.47. The first-order chi connectivity index (χ1) is 12.8. The number of rotatable bonds is 5. The highest BCUT2D eigenvalue weighted by Gasteiger charge is 2.45. The molecule has 1 aromatic rings. The average Bonchev–Trinajstić information content (AvgIpc) is 2.99. The summed E-state index contributed by atoms with van der Waals surface area (Å²) >= 11 is 0. The van der Waals surface area contributed by atoms with E-state index in [1.54, 1.807) is 0 Å². The molecule has 9 heteroatoms. The van der Waals surface area contributed by atoms with Crippen LogP contribution in [0, 0.1) is 0 Å². The van der Waals surface area contributed by atoms with E-state index < -0.39 is 27.9 Å². The highest BCUT2D eigenvalue weighted by atomic mass is 32.2. The fourth-order valence-electron chi connectivity index (χ4n) is 4.14. The quantitative estimate of drug-likeness (QED) is 0.714. The highest BCUT2D eigenvalue weighted by molar-refractivity contribution is 7.88. The molecule has 0 aromatic heterocycles. The number of carbonyl (C=O) groups is 1. The van der Waals surface area contributed by atoms with Crippen molar-refractivity contribution in [3.8, 4) is 0 Å². The van der Waals surface area contributed by atoms with Gasteiger partial charge in [0.25, 0.3) is 6.08 Å². The van der Waals surface area contributed by atoms with E-state index in [1.165, 1.54) is 11.1 Å². The monoisotopic (exact) mass is 397 g/mol. The zero-order valence-electron chi connectivity index (χ0n) is 14.7. The number of hydrogen-bond donors (Lipinski definition) is 3. The zero-order chi connectivity index (χ0) is 19.2. The molecule has 0 saturated heterocycles. The predicted octanol–water partition coefficient (Wildman–Crippen LogP) is 2.93. The van der Waals surface area contributed by atoms with Crippen LogP contribution in [0.5, 0.6) is 0 Å². The molecular formula is C18H21F2N3O3S. The fourth-order valence-corrected chi connectivity index (χ4v) is 5.29. The standard InChI is InChI=1S/C18H21F2N3O3S/c19-15(20)10-18(7-8-18)23-27(25,26)22-17(24)21-16-13-5-1-3-11(13)9-12-4-2-6-14(12)16/h9-10,23H,1-8H2,(H2,21,22,24). The van der Waals surface area contributed by atoms with Gasteiger partial charge in [0.05, 0.1) is 5.54 Å². The molecule has 0 atom stereocenters. The Morgan fingerprint density at radius 1 is 1.04 bits per heavy atom. The molecule has 1 aromatic carbocycles. The highest BCUT2D eigenvalue weighted by Crippen LogP contribution is 2.39. The molecule has 1 saturated carbocycles. The van der Waals surface area contributed by atoms with Crippen LogP contribution in [-0.2, 0) is 35.9 Å². The number of aryl methyl sites for hydroxylation is 2. The van der Waals surface area contributed by atoms with Crippen molar-refractivity contribution in [1.82, 2.24) is 9.44 Å². The Bertz CT molecular complexity index is 903. The summed E-state index contributed by atoms with van der Waals surface area (Å²) in [5, 5.41) is 2.71. The Kier molecular flexibility index (Phi) is 4.46. The normalized spacial score (nSPS) is 19.2. The van der Waals surface area contributed by atoms with E-state index in [2.05, 4.69) is 16.1 Å². The Morgan fingerprint density at radius 3 is 2.15 bits per heavy atom. The molecule has 1 fully saturated rings. The second-order valence-corrected chi connectivity index (χ2v) is 8.90. The molecule has 0 radical (unpaired) electrons. The Balaban J connectivity index is 1.50. The molecule has 3 N–H and O–H groups in total. The van der Waals surface area contributed by atoms with Crippen LogP contribution < -0.4 is 14.8 Å². The first kappa shape index (κ1) is 18.4. The summed E-state index contributed by atoms with van der Waals surface area (Å²) in [4.78, 5) is 12.4. The second kappa shape index (κ2) is 6.56. The molecular weight excluding hydrogens is 376 g/mol. The van der Waals surface area contributed by atoms with Gasteiger partial charge in [0.2, 0.25) is 0 Å². The number of nitrogens with one attached hydrogen (secondary N) is 3. The number of fused-ring (bicyclic) bond motifs is 2. The number of benzene rings is 1. The van der Waals surface area contributed by atoms with Crippen molar-refractivity contribution in [2.75, 3.05) is 5.32 Å². The number of anilines is 1. The van der Waals surface area contributed by atoms with Gasteiger partial charge in [-0.3, -0.25) is 0 Å². The Labute approximate surface area is 156 Å². The first-order valence-corrected chi connectivity index (χ1v) is 10.6. The first-order valence-electron chi connectivity index (χ1n) is 9.10. The zero-order valence-corrected chi connectivity index (χ0v) is 15.5. The Morgan fingerprint density at radius 2 is 1.63 bits per heavy atom. The van der Waals surface area contributed by atoms with Crippen molar-refractivity contribution in [3.63, 3.8) is 0 Å². The van der Waals surface area contributed by atoms with Crippen molar-refractivity contribution in [3.05, 3.63) is 40.5 Å². The Hall–Kier alpha value is -2.00. The van der Waals surface area contributed by atoms with Crippen LogP contribution in [0.1, 0.15) is 47.9 Å². The number of urea groups is 1. The molecule has 6 nitrogen and oxygen atoms in total. The van der Waals surface area contributed by atoms with Crippen LogP contribution in [0.2, 0.25) is 0 Å². The van der Waals surface area contributed by atoms with E-state index >= 15 is 0 Å². The van der Waals surface area contributed by atoms with Crippen molar-refractivity contribution in [1.29, 1.82) is 0 Å². The molecule has 146 valence electrons. The van der Waals surface area contributed by atoms with Gasteiger partial charge in [-0.15, -0.1) is 0 Å². The minimum Gasteiger partial charge on any atom is -0.307 e. The smallest absolute Gasteiger partial charge is 0.307 e. The van der Waals surface area contributed by atoms with Gasteiger partial charge in [-0.25, -0.2) is 9.52 Å².